The van der Waals surface area contributed by atoms with Crippen molar-refractivity contribution in [1.29, 1.82) is 0 Å². The Balaban J connectivity index is 0.00000320. The molecule has 7 heteroatoms. The zero-order chi connectivity index (χ0) is 20.5. The van der Waals surface area contributed by atoms with Crippen LogP contribution in [0.4, 0.5) is 4.39 Å². The molecular weight excluding hydrogens is 492 g/mol. The van der Waals surface area contributed by atoms with Crippen LogP contribution in [0.5, 0.6) is 0 Å². The molecule has 2 fully saturated rings. The van der Waals surface area contributed by atoms with Crippen LogP contribution < -0.4 is 10.6 Å². The summed E-state index contributed by atoms with van der Waals surface area (Å²) in [6, 6.07) is 6.84. The minimum absolute atomic E-state index is 0. The van der Waals surface area contributed by atoms with Gasteiger partial charge < -0.3 is 15.5 Å². The maximum atomic E-state index is 13.4. The van der Waals surface area contributed by atoms with Gasteiger partial charge in [-0.05, 0) is 90.0 Å². The molecule has 0 saturated carbocycles. The van der Waals surface area contributed by atoms with E-state index in [1.807, 2.05) is 6.07 Å². The normalized spacial score (nSPS) is 20.4. The van der Waals surface area contributed by atoms with Gasteiger partial charge in [0.15, 0.2) is 5.96 Å². The van der Waals surface area contributed by atoms with Crippen LogP contribution in [0.1, 0.15) is 44.6 Å². The molecule has 3 rings (SSSR count). The first-order valence-electron chi connectivity index (χ1n) is 11.3. The fraction of sp³-hybridized carbons (Fsp3) is 0.696. The van der Waals surface area contributed by atoms with Crippen molar-refractivity contribution in [3.8, 4) is 0 Å². The van der Waals surface area contributed by atoms with Crippen molar-refractivity contribution in [1.82, 2.24) is 20.4 Å². The summed E-state index contributed by atoms with van der Waals surface area (Å²) < 4.78 is 13.4. The predicted octanol–water partition coefficient (Wildman–Crippen LogP) is 3.49. The van der Waals surface area contributed by atoms with Crippen LogP contribution in [0.2, 0.25) is 0 Å². The third-order valence-electron chi connectivity index (χ3n) is 6.42. The quantitative estimate of drug-likeness (QED) is 0.321. The standard InChI is InChI=1S/C23H38FN5.HI/c1-3-25-22(26-13-10-20-8-7-9-21(24)18-20)27-19-23(11-16-28(2)17-12-23)29-14-5-4-6-15-29;/h7-9,18H,3-6,10-17,19H2,1-2H3,(H2,25,26,27);1H. The van der Waals surface area contributed by atoms with Gasteiger partial charge in [-0.3, -0.25) is 9.89 Å². The Hall–Kier alpha value is -0.930. The molecule has 2 saturated heterocycles. The zero-order valence-electron chi connectivity index (χ0n) is 18.6. The number of hydrogen-bond acceptors (Lipinski definition) is 3. The smallest absolute Gasteiger partial charge is 0.191 e. The molecule has 2 heterocycles. The number of aliphatic imine (C=N–C) groups is 1. The Kier molecular flexibility index (Phi) is 10.8. The molecule has 2 aliphatic rings. The van der Waals surface area contributed by atoms with Crippen LogP contribution in [0, 0.1) is 5.82 Å². The highest BCUT2D eigenvalue weighted by molar-refractivity contribution is 14.0. The first-order valence-corrected chi connectivity index (χ1v) is 11.3. The third kappa shape index (κ3) is 7.34. The molecule has 0 aromatic heterocycles. The summed E-state index contributed by atoms with van der Waals surface area (Å²) in [5.74, 6) is 0.702. The SMILES string of the molecule is CCNC(=NCC1(N2CCCCC2)CCN(C)CC1)NCCc1cccc(F)c1.I. The second-order valence-corrected chi connectivity index (χ2v) is 8.58. The summed E-state index contributed by atoms with van der Waals surface area (Å²) in [7, 11) is 2.22. The van der Waals surface area contributed by atoms with E-state index in [-0.39, 0.29) is 35.3 Å². The van der Waals surface area contributed by atoms with Gasteiger partial charge in [0.25, 0.3) is 0 Å². The van der Waals surface area contributed by atoms with Gasteiger partial charge in [-0.1, -0.05) is 18.6 Å². The van der Waals surface area contributed by atoms with E-state index < -0.39 is 0 Å². The number of rotatable bonds is 7. The Morgan fingerprint density at radius 1 is 1.10 bits per heavy atom. The number of benzene rings is 1. The Morgan fingerprint density at radius 3 is 2.50 bits per heavy atom. The molecule has 0 spiro atoms. The van der Waals surface area contributed by atoms with E-state index in [2.05, 4.69) is 34.4 Å². The number of halogens is 2. The van der Waals surface area contributed by atoms with Crippen LogP contribution in [-0.2, 0) is 6.42 Å². The monoisotopic (exact) mass is 531 g/mol. The average Bonchev–Trinajstić information content (AvgIpc) is 2.74. The minimum atomic E-state index is -0.172. The Bertz CT molecular complexity index is 655. The summed E-state index contributed by atoms with van der Waals surface area (Å²) in [6.07, 6.45) is 7.15. The van der Waals surface area contributed by atoms with Crippen molar-refractivity contribution in [2.75, 3.05) is 52.9 Å². The molecule has 1 aromatic carbocycles. The lowest BCUT2D eigenvalue weighted by molar-refractivity contribution is 0.0208. The zero-order valence-corrected chi connectivity index (χ0v) is 21.0. The van der Waals surface area contributed by atoms with Gasteiger partial charge in [0.05, 0.1) is 6.54 Å². The molecule has 170 valence electrons. The minimum Gasteiger partial charge on any atom is -0.357 e. The molecule has 0 unspecified atom stereocenters. The summed E-state index contributed by atoms with van der Waals surface area (Å²) in [5.41, 5.74) is 1.20. The first kappa shape index (κ1) is 25.3. The summed E-state index contributed by atoms with van der Waals surface area (Å²) in [5, 5.41) is 6.83. The maximum Gasteiger partial charge on any atom is 0.191 e. The van der Waals surface area contributed by atoms with Crippen LogP contribution >= 0.6 is 24.0 Å². The van der Waals surface area contributed by atoms with Crippen LogP contribution in [0.25, 0.3) is 0 Å². The molecule has 0 atom stereocenters. The molecule has 1 aromatic rings. The van der Waals surface area contributed by atoms with E-state index >= 15 is 0 Å². The molecule has 2 aliphatic heterocycles. The Morgan fingerprint density at radius 2 is 1.83 bits per heavy atom. The van der Waals surface area contributed by atoms with Crippen molar-refractivity contribution in [3.63, 3.8) is 0 Å². The molecule has 0 bridgehead atoms. The fourth-order valence-corrected chi connectivity index (χ4v) is 4.56. The van der Waals surface area contributed by atoms with Crippen molar-refractivity contribution >= 4 is 29.9 Å². The van der Waals surface area contributed by atoms with Crippen LogP contribution in [0.3, 0.4) is 0 Å². The molecular formula is C23H39FIN5. The molecule has 5 nitrogen and oxygen atoms in total. The van der Waals surface area contributed by atoms with E-state index in [0.29, 0.717) is 0 Å². The van der Waals surface area contributed by atoms with Crippen molar-refractivity contribution < 1.29 is 4.39 Å². The largest absolute Gasteiger partial charge is 0.357 e. The summed E-state index contributed by atoms with van der Waals surface area (Å²) in [6.45, 7) is 9.24. The van der Waals surface area contributed by atoms with E-state index in [4.69, 9.17) is 4.99 Å². The predicted molar refractivity (Wildman–Crippen MR) is 134 cm³/mol. The summed E-state index contributed by atoms with van der Waals surface area (Å²) >= 11 is 0. The number of piperidine rings is 2. The number of hydrogen-bond donors (Lipinski definition) is 2. The molecule has 2 N–H and O–H groups in total. The molecule has 0 radical (unpaired) electrons. The van der Waals surface area contributed by atoms with E-state index in [1.165, 1.54) is 51.3 Å². The lowest BCUT2D eigenvalue weighted by Crippen LogP contribution is -2.58. The van der Waals surface area contributed by atoms with Crippen LogP contribution in [0.15, 0.2) is 29.3 Å². The van der Waals surface area contributed by atoms with E-state index in [1.54, 1.807) is 12.1 Å². The van der Waals surface area contributed by atoms with Gasteiger partial charge in [-0.15, -0.1) is 24.0 Å². The molecule has 0 amide bonds. The van der Waals surface area contributed by atoms with Crippen molar-refractivity contribution in [3.05, 3.63) is 35.6 Å². The number of nitrogens with one attached hydrogen (secondary N) is 2. The van der Waals surface area contributed by atoms with E-state index in [0.717, 1.165) is 50.7 Å². The summed E-state index contributed by atoms with van der Waals surface area (Å²) in [4.78, 5) is 10.2. The van der Waals surface area contributed by atoms with Gasteiger partial charge in [0.1, 0.15) is 5.82 Å². The van der Waals surface area contributed by atoms with Crippen molar-refractivity contribution in [2.45, 2.75) is 51.0 Å². The van der Waals surface area contributed by atoms with E-state index in [9.17, 15) is 4.39 Å². The topological polar surface area (TPSA) is 42.9 Å². The highest BCUT2D eigenvalue weighted by Crippen LogP contribution is 2.31. The number of likely N-dealkylation sites (tertiary alicyclic amines) is 2. The number of guanidine groups is 1. The van der Waals surface area contributed by atoms with Gasteiger partial charge in [-0.2, -0.15) is 0 Å². The lowest BCUT2D eigenvalue weighted by Gasteiger charge is -2.49. The van der Waals surface area contributed by atoms with Gasteiger partial charge in [0, 0.05) is 18.6 Å². The molecule has 0 aliphatic carbocycles. The highest BCUT2D eigenvalue weighted by Gasteiger charge is 2.39. The third-order valence-corrected chi connectivity index (χ3v) is 6.42. The van der Waals surface area contributed by atoms with Gasteiger partial charge in [-0.25, -0.2) is 4.39 Å². The van der Waals surface area contributed by atoms with Crippen molar-refractivity contribution in [2.24, 2.45) is 4.99 Å². The second-order valence-electron chi connectivity index (χ2n) is 8.58. The first-order chi connectivity index (χ1) is 14.1. The number of nitrogens with zero attached hydrogens (tertiary/aromatic N) is 3. The fourth-order valence-electron chi connectivity index (χ4n) is 4.56. The average molecular weight is 532 g/mol. The van der Waals surface area contributed by atoms with Gasteiger partial charge >= 0.3 is 0 Å². The van der Waals surface area contributed by atoms with Crippen LogP contribution in [-0.4, -0.2) is 74.2 Å². The lowest BCUT2D eigenvalue weighted by atomic mass is 9.84. The Labute approximate surface area is 198 Å². The van der Waals surface area contributed by atoms with Gasteiger partial charge in [0.2, 0.25) is 0 Å². The maximum absolute atomic E-state index is 13.4. The second kappa shape index (κ2) is 12.8. The molecule has 30 heavy (non-hydrogen) atoms. The highest BCUT2D eigenvalue weighted by atomic mass is 127.